The second-order valence-electron chi connectivity index (χ2n) is 8.16. The lowest BCUT2D eigenvalue weighted by atomic mass is 10.2. The number of hydrogen-bond donors (Lipinski definition) is 0. The molecule has 0 fully saturated rings. The molecule has 1 unspecified atom stereocenters. The normalized spacial score (nSPS) is 12.6. The van der Waals surface area contributed by atoms with Gasteiger partial charge in [0.2, 0.25) is 15.9 Å². The third-order valence-electron chi connectivity index (χ3n) is 5.74. The van der Waals surface area contributed by atoms with Crippen molar-refractivity contribution in [3.8, 4) is 0 Å². The Kier molecular flexibility index (Phi) is 8.87. The highest BCUT2D eigenvalue weighted by atomic mass is 35.5. The van der Waals surface area contributed by atoms with E-state index in [9.17, 15) is 17.6 Å². The van der Waals surface area contributed by atoms with Crippen molar-refractivity contribution < 1.29 is 17.6 Å². The van der Waals surface area contributed by atoms with Crippen molar-refractivity contribution in [2.45, 2.75) is 51.2 Å². The molecule has 0 saturated heterocycles. The molecular weight excluding hydrogens is 495 g/mol. The van der Waals surface area contributed by atoms with E-state index in [-0.39, 0.29) is 35.8 Å². The Bertz CT molecular complexity index is 1210. The summed E-state index contributed by atoms with van der Waals surface area (Å²) in [7, 11) is -3.93. The fourth-order valence-corrected chi connectivity index (χ4v) is 6.14. The number of sulfonamides is 1. The summed E-state index contributed by atoms with van der Waals surface area (Å²) in [6.45, 7) is 5.93. The van der Waals surface area contributed by atoms with E-state index in [1.165, 1.54) is 40.7 Å². The molecule has 0 N–H and O–H groups in total. The Morgan fingerprint density at radius 3 is 2.26 bits per heavy atom. The fourth-order valence-electron chi connectivity index (χ4n) is 3.44. The molecule has 0 aliphatic rings. The summed E-state index contributed by atoms with van der Waals surface area (Å²) in [6.07, 6.45) is 0.544. The van der Waals surface area contributed by atoms with Crippen LogP contribution in [-0.2, 0) is 27.9 Å². The van der Waals surface area contributed by atoms with Crippen LogP contribution in [0.5, 0.6) is 0 Å². The molecule has 0 aliphatic carbocycles. The van der Waals surface area contributed by atoms with E-state index >= 15 is 0 Å². The molecule has 0 saturated carbocycles. The first kappa shape index (κ1) is 26.3. The Balaban J connectivity index is 1.91. The number of hydrogen-bond acceptors (Lipinski definition) is 4. The van der Waals surface area contributed by atoms with Crippen LogP contribution in [0, 0.1) is 12.7 Å². The molecular formula is C25H28ClFN2O3S2. The molecule has 1 amide bonds. The van der Waals surface area contributed by atoms with Gasteiger partial charge in [-0.3, -0.25) is 4.79 Å². The van der Waals surface area contributed by atoms with Gasteiger partial charge in [0.25, 0.3) is 0 Å². The van der Waals surface area contributed by atoms with Crippen LogP contribution >= 0.6 is 22.9 Å². The molecule has 0 radical (unpaired) electrons. The van der Waals surface area contributed by atoms with Crippen LogP contribution in [0.15, 0.2) is 64.9 Å². The van der Waals surface area contributed by atoms with Gasteiger partial charge in [0, 0.05) is 22.5 Å². The number of benzene rings is 2. The number of carbonyl (C=O) groups excluding carboxylic acids is 1. The standard InChI is InChI=1S/C25H28ClFN2O3S2/c1-4-19(3)29(34(31,32)23-11-7-21(26)8-12-23)17-25(30)28(16-24-18(2)13-14-33-24)15-20-5-9-22(27)10-6-20/h5-14,19H,4,15-17H2,1-3H3. The highest BCUT2D eigenvalue weighted by molar-refractivity contribution is 7.89. The summed E-state index contributed by atoms with van der Waals surface area (Å²) >= 11 is 7.48. The summed E-state index contributed by atoms with van der Waals surface area (Å²) in [6, 6.07) is 13.5. The molecule has 0 spiro atoms. The Morgan fingerprint density at radius 1 is 1.06 bits per heavy atom. The van der Waals surface area contributed by atoms with Crippen LogP contribution in [-0.4, -0.2) is 36.1 Å². The second kappa shape index (κ2) is 11.4. The molecule has 2 aromatic carbocycles. The van der Waals surface area contributed by atoms with E-state index in [2.05, 4.69) is 0 Å². The first-order valence-corrected chi connectivity index (χ1v) is 13.6. The summed E-state index contributed by atoms with van der Waals surface area (Å²) in [5.74, 6) is -0.678. The SMILES string of the molecule is CCC(C)N(CC(=O)N(Cc1ccc(F)cc1)Cc1sccc1C)S(=O)(=O)c1ccc(Cl)cc1. The van der Waals surface area contributed by atoms with Crippen molar-refractivity contribution in [1.29, 1.82) is 0 Å². The van der Waals surface area contributed by atoms with E-state index in [1.807, 2.05) is 25.3 Å². The molecule has 1 aromatic heterocycles. The molecule has 182 valence electrons. The van der Waals surface area contributed by atoms with Gasteiger partial charge in [-0.05, 0) is 79.2 Å². The third kappa shape index (κ3) is 6.44. The van der Waals surface area contributed by atoms with Gasteiger partial charge in [0.1, 0.15) is 5.82 Å². The van der Waals surface area contributed by atoms with Gasteiger partial charge in [-0.15, -0.1) is 11.3 Å². The zero-order valence-electron chi connectivity index (χ0n) is 19.4. The number of aryl methyl sites for hydroxylation is 1. The molecule has 1 heterocycles. The van der Waals surface area contributed by atoms with Crippen molar-refractivity contribution >= 4 is 38.9 Å². The quantitative estimate of drug-likeness (QED) is 0.335. The number of amides is 1. The van der Waals surface area contributed by atoms with Crippen molar-refractivity contribution in [3.63, 3.8) is 0 Å². The van der Waals surface area contributed by atoms with Gasteiger partial charge in [-0.1, -0.05) is 30.7 Å². The predicted molar refractivity (Wildman–Crippen MR) is 135 cm³/mol. The van der Waals surface area contributed by atoms with Crippen molar-refractivity contribution in [2.24, 2.45) is 0 Å². The topological polar surface area (TPSA) is 57.7 Å². The number of carbonyl (C=O) groups is 1. The molecule has 3 aromatic rings. The number of thiophene rings is 1. The van der Waals surface area contributed by atoms with Crippen LogP contribution in [0.3, 0.4) is 0 Å². The molecule has 0 bridgehead atoms. The minimum absolute atomic E-state index is 0.0872. The molecule has 3 rings (SSSR count). The lowest BCUT2D eigenvalue weighted by molar-refractivity contribution is -0.133. The Hall–Kier alpha value is -2.26. The number of halogens is 2. The summed E-state index contributed by atoms with van der Waals surface area (Å²) < 4.78 is 41.5. The van der Waals surface area contributed by atoms with Gasteiger partial charge in [-0.2, -0.15) is 4.31 Å². The number of nitrogens with zero attached hydrogens (tertiary/aromatic N) is 2. The van der Waals surface area contributed by atoms with Gasteiger partial charge < -0.3 is 4.90 Å². The third-order valence-corrected chi connectivity index (χ3v) is 8.97. The van der Waals surface area contributed by atoms with Crippen LogP contribution in [0.2, 0.25) is 5.02 Å². The number of rotatable bonds is 10. The summed E-state index contributed by atoms with van der Waals surface area (Å²) in [5.41, 5.74) is 1.83. The van der Waals surface area contributed by atoms with E-state index in [1.54, 1.807) is 35.3 Å². The maximum Gasteiger partial charge on any atom is 0.243 e. The van der Waals surface area contributed by atoms with E-state index < -0.39 is 10.0 Å². The lowest BCUT2D eigenvalue weighted by Gasteiger charge is -2.30. The first-order chi connectivity index (χ1) is 16.1. The Labute approximate surface area is 209 Å². The predicted octanol–water partition coefficient (Wildman–Crippen LogP) is 5.87. The second-order valence-corrected chi connectivity index (χ2v) is 11.5. The van der Waals surface area contributed by atoms with E-state index in [4.69, 9.17) is 11.6 Å². The smallest absolute Gasteiger partial charge is 0.243 e. The van der Waals surface area contributed by atoms with Crippen molar-refractivity contribution in [3.05, 3.63) is 86.8 Å². The summed E-state index contributed by atoms with van der Waals surface area (Å²) in [5, 5.41) is 2.39. The van der Waals surface area contributed by atoms with Gasteiger partial charge >= 0.3 is 0 Å². The monoisotopic (exact) mass is 522 g/mol. The molecule has 9 heteroatoms. The highest BCUT2D eigenvalue weighted by Crippen LogP contribution is 2.24. The largest absolute Gasteiger partial charge is 0.332 e. The minimum atomic E-state index is -3.93. The van der Waals surface area contributed by atoms with Crippen LogP contribution in [0.4, 0.5) is 4.39 Å². The summed E-state index contributed by atoms with van der Waals surface area (Å²) in [4.78, 5) is 16.3. The molecule has 0 aliphatic heterocycles. The average molecular weight is 523 g/mol. The first-order valence-electron chi connectivity index (χ1n) is 10.9. The zero-order valence-corrected chi connectivity index (χ0v) is 21.8. The minimum Gasteiger partial charge on any atom is -0.332 e. The molecule has 34 heavy (non-hydrogen) atoms. The maximum atomic E-state index is 13.5. The van der Waals surface area contributed by atoms with Gasteiger partial charge in [-0.25, -0.2) is 12.8 Å². The van der Waals surface area contributed by atoms with Gasteiger partial charge in [0.15, 0.2) is 0 Å². The van der Waals surface area contributed by atoms with Crippen LogP contribution in [0.1, 0.15) is 36.3 Å². The Morgan fingerprint density at radius 2 is 1.71 bits per heavy atom. The van der Waals surface area contributed by atoms with Crippen LogP contribution < -0.4 is 0 Å². The van der Waals surface area contributed by atoms with E-state index in [0.29, 0.717) is 18.0 Å². The molecule has 1 atom stereocenters. The molecule has 5 nitrogen and oxygen atoms in total. The van der Waals surface area contributed by atoms with Crippen molar-refractivity contribution in [2.75, 3.05) is 6.54 Å². The maximum absolute atomic E-state index is 13.5. The average Bonchev–Trinajstić information content (AvgIpc) is 3.22. The van der Waals surface area contributed by atoms with Crippen LogP contribution in [0.25, 0.3) is 0 Å². The lowest BCUT2D eigenvalue weighted by Crippen LogP contribution is -2.46. The van der Waals surface area contributed by atoms with Gasteiger partial charge in [0.05, 0.1) is 18.0 Å². The van der Waals surface area contributed by atoms with E-state index in [0.717, 1.165) is 16.0 Å². The zero-order chi connectivity index (χ0) is 24.9. The fraction of sp³-hybridized carbons (Fsp3) is 0.320. The van der Waals surface area contributed by atoms with Crippen molar-refractivity contribution in [1.82, 2.24) is 9.21 Å². The highest BCUT2D eigenvalue weighted by Gasteiger charge is 2.32.